The van der Waals surface area contributed by atoms with Crippen molar-refractivity contribution in [2.45, 2.75) is 11.8 Å². The number of hydrogen-bond donors (Lipinski definition) is 2. The molecule has 0 aromatic heterocycles. The van der Waals surface area contributed by atoms with E-state index in [1.807, 2.05) is 25.1 Å². The predicted molar refractivity (Wildman–Crippen MR) is 84.1 cm³/mol. The van der Waals surface area contributed by atoms with Gasteiger partial charge in [0.1, 0.15) is 4.99 Å². The van der Waals surface area contributed by atoms with Gasteiger partial charge in [0.05, 0.1) is 13.1 Å². The highest BCUT2D eigenvalue weighted by molar-refractivity contribution is 7.99. The maximum absolute atomic E-state index is 11.5. The van der Waals surface area contributed by atoms with E-state index in [9.17, 15) is 9.59 Å². The van der Waals surface area contributed by atoms with Crippen molar-refractivity contribution < 1.29 is 9.59 Å². The number of imide groups is 1. The van der Waals surface area contributed by atoms with Crippen molar-refractivity contribution in [2.75, 3.05) is 23.7 Å². The maximum Gasteiger partial charge on any atom is 0.246 e. The van der Waals surface area contributed by atoms with Crippen molar-refractivity contribution in [1.82, 2.24) is 5.32 Å². The van der Waals surface area contributed by atoms with Crippen LogP contribution in [0.4, 0.5) is 5.69 Å². The quantitative estimate of drug-likeness (QED) is 0.489. The van der Waals surface area contributed by atoms with E-state index < -0.39 is 0 Å². The Bertz CT molecular complexity index is 559. The number of piperazine rings is 1. The third kappa shape index (κ3) is 3.10. The Morgan fingerprint density at radius 2 is 2.05 bits per heavy atom. The largest absolute Gasteiger partial charge is 0.389 e. The topological polar surface area (TPSA) is 75.4 Å². The van der Waals surface area contributed by atoms with Crippen LogP contribution in [0.3, 0.4) is 0 Å². The minimum Gasteiger partial charge on any atom is -0.389 e. The summed E-state index contributed by atoms with van der Waals surface area (Å²) in [6, 6.07) is 5.66. The van der Waals surface area contributed by atoms with Crippen LogP contribution in [0.2, 0.25) is 0 Å². The van der Waals surface area contributed by atoms with Crippen molar-refractivity contribution in [3.8, 4) is 0 Å². The maximum atomic E-state index is 11.5. The van der Waals surface area contributed by atoms with E-state index in [0.717, 1.165) is 21.9 Å². The molecular weight excluding hydrogens is 294 g/mol. The Balaban J connectivity index is 2.44. The number of benzene rings is 1. The molecule has 3 N–H and O–H groups in total. The molecule has 1 fully saturated rings. The van der Waals surface area contributed by atoms with E-state index in [0.29, 0.717) is 0 Å². The highest BCUT2D eigenvalue weighted by atomic mass is 32.2. The number of carbonyl (C=O) groups excluding carboxylic acids is 2. The number of anilines is 1. The van der Waals surface area contributed by atoms with Gasteiger partial charge in [0, 0.05) is 16.1 Å². The van der Waals surface area contributed by atoms with Crippen LogP contribution in [-0.2, 0) is 9.59 Å². The van der Waals surface area contributed by atoms with Gasteiger partial charge in [-0.15, -0.1) is 11.8 Å². The zero-order valence-corrected chi connectivity index (χ0v) is 12.6. The fourth-order valence-electron chi connectivity index (χ4n) is 2.11. The van der Waals surface area contributed by atoms with Crippen LogP contribution in [0.25, 0.3) is 0 Å². The Morgan fingerprint density at radius 1 is 1.40 bits per heavy atom. The summed E-state index contributed by atoms with van der Waals surface area (Å²) < 4.78 is 0. The highest BCUT2D eigenvalue weighted by Gasteiger charge is 2.25. The molecule has 1 saturated heterocycles. The van der Waals surface area contributed by atoms with Gasteiger partial charge in [0.25, 0.3) is 0 Å². The molecule has 0 spiro atoms. The van der Waals surface area contributed by atoms with Crippen LogP contribution in [-0.4, -0.2) is 35.6 Å². The molecule has 1 aliphatic rings. The number of carbonyl (C=O) groups is 2. The lowest BCUT2D eigenvalue weighted by Gasteiger charge is -2.29. The highest BCUT2D eigenvalue weighted by Crippen LogP contribution is 2.31. The van der Waals surface area contributed by atoms with Crippen LogP contribution >= 0.6 is 24.0 Å². The summed E-state index contributed by atoms with van der Waals surface area (Å²) in [7, 11) is 0. The minimum absolute atomic E-state index is 0.127. The SMILES string of the molecule is CCSc1cccc(N2CC(=O)NC(=O)C2)c1C(N)=S. The molecule has 2 rings (SSSR count). The van der Waals surface area contributed by atoms with Gasteiger partial charge in [-0.05, 0) is 17.9 Å². The molecule has 0 aliphatic carbocycles. The van der Waals surface area contributed by atoms with E-state index in [2.05, 4.69) is 5.32 Å². The van der Waals surface area contributed by atoms with Crippen LogP contribution in [0.1, 0.15) is 12.5 Å². The van der Waals surface area contributed by atoms with Crippen LogP contribution in [0.15, 0.2) is 23.1 Å². The molecule has 0 unspecified atom stereocenters. The fourth-order valence-corrected chi connectivity index (χ4v) is 3.24. The molecule has 1 aromatic rings. The summed E-state index contributed by atoms with van der Waals surface area (Å²) in [6.45, 7) is 2.29. The zero-order chi connectivity index (χ0) is 14.7. The molecule has 106 valence electrons. The summed E-state index contributed by atoms with van der Waals surface area (Å²) >= 11 is 6.76. The second-order valence-corrected chi connectivity index (χ2v) is 6.02. The van der Waals surface area contributed by atoms with E-state index >= 15 is 0 Å². The number of amides is 2. The second-order valence-electron chi connectivity index (χ2n) is 4.27. The lowest BCUT2D eigenvalue weighted by Crippen LogP contribution is -2.52. The zero-order valence-electron chi connectivity index (χ0n) is 11.0. The van der Waals surface area contributed by atoms with Gasteiger partial charge in [-0.1, -0.05) is 25.2 Å². The first-order chi connectivity index (χ1) is 9.52. The lowest BCUT2D eigenvalue weighted by atomic mass is 10.1. The number of nitrogens with zero attached hydrogens (tertiary/aromatic N) is 1. The number of thioether (sulfide) groups is 1. The molecule has 5 nitrogen and oxygen atoms in total. The van der Waals surface area contributed by atoms with Gasteiger partial charge in [-0.2, -0.15) is 0 Å². The molecule has 1 heterocycles. The number of nitrogens with two attached hydrogens (primary N) is 1. The molecule has 0 saturated carbocycles. The molecule has 1 aromatic carbocycles. The molecule has 2 amide bonds. The van der Waals surface area contributed by atoms with Gasteiger partial charge in [0.2, 0.25) is 11.8 Å². The summed E-state index contributed by atoms with van der Waals surface area (Å²) in [5.74, 6) is 0.255. The third-order valence-electron chi connectivity index (χ3n) is 2.84. The third-order valence-corrected chi connectivity index (χ3v) is 3.98. The first-order valence-electron chi connectivity index (χ1n) is 6.16. The first kappa shape index (κ1) is 14.8. The standard InChI is InChI=1S/C13H15N3O2S2/c1-2-20-9-5-3-4-8(12(9)13(14)19)16-6-10(17)15-11(18)7-16/h3-5H,2,6-7H2,1H3,(H2,14,19)(H,15,17,18). The Hall–Kier alpha value is -1.60. The molecule has 20 heavy (non-hydrogen) atoms. The second kappa shape index (κ2) is 6.23. The van der Waals surface area contributed by atoms with E-state index in [1.165, 1.54) is 0 Å². The number of thiocarbonyl (C=S) groups is 1. The Morgan fingerprint density at radius 3 is 2.60 bits per heavy atom. The van der Waals surface area contributed by atoms with Crippen LogP contribution in [0.5, 0.6) is 0 Å². The fraction of sp³-hybridized carbons (Fsp3) is 0.308. The van der Waals surface area contributed by atoms with Crippen molar-refractivity contribution >= 4 is 46.5 Å². The van der Waals surface area contributed by atoms with E-state index in [4.69, 9.17) is 18.0 Å². The number of nitrogens with one attached hydrogen (secondary N) is 1. The van der Waals surface area contributed by atoms with Gasteiger partial charge < -0.3 is 10.6 Å². The normalized spacial score (nSPS) is 15.2. The number of hydrogen-bond acceptors (Lipinski definition) is 5. The Kier molecular flexibility index (Phi) is 4.61. The molecule has 1 aliphatic heterocycles. The summed E-state index contributed by atoms with van der Waals surface area (Å²) in [4.78, 5) is 26.0. The average molecular weight is 309 g/mol. The van der Waals surface area contributed by atoms with E-state index in [1.54, 1.807) is 16.7 Å². The van der Waals surface area contributed by atoms with Gasteiger partial charge in [0.15, 0.2) is 0 Å². The van der Waals surface area contributed by atoms with Crippen molar-refractivity contribution in [3.63, 3.8) is 0 Å². The number of rotatable bonds is 4. The van der Waals surface area contributed by atoms with Crippen molar-refractivity contribution in [3.05, 3.63) is 23.8 Å². The predicted octanol–water partition coefficient (Wildman–Crippen LogP) is 0.896. The summed E-state index contributed by atoms with van der Waals surface area (Å²) in [5, 5.41) is 2.28. The molecule has 0 bridgehead atoms. The summed E-state index contributed by atoms with van der Waals surface area (Å²) in [5.41, 5.74) is 7.30. The van der Waals surface area contributed by atoms with Crippen molar-refractivity contribution in [2.24, 2.45) is 5.73 Å². The summed E-state index contributed by atoms with van der Waals surface area (Å²) in [6.07, 6.45) is 0. The van der Waals surface area contributed by atoms with Gasteiger partial charge in [-0.25, -0.2) is 0 Å². The molecule has 0 atom stereocenters. The molecule has 0 radical (unpaired) electrons. The monoisotopic (exact) mass is 309 g/mol. The van der Waals surface area contributed by atoms with E-state index in [-0.39, 0.29) is 29.9 Å². The van der Waals surface area contributed by atoms with Crippen molar-refractivity contribution in [1.29, 1.82) is 0 Å². The average Bonchev–Trinajstić information content (AvgIpc) is 2.37. The molecular formula is C13H15N3O2S2. The smallest absolute Gasteiger partial charge is 0.246 e. The van der Waals surface area contributed by atoms with Crippen LogP contribution in [0, 0.1) is 0 Å². The minimum atomic E-state index is -0.316. The molecule has 7 heteroatoms. The Labute approximate surface area is 126 Å². The van der Waals surface area contributed by atoms with Gasteiger partial charge >= 0.3 is 0 Å². The first-order valence-corrected chi connectivity index (χ1v) is 7.55. The van der Waals surface area contributed by atoms with Crippen LogP contribution < -0.4 is 16.0 Å². The van der Waals surface area contributed by atoms with Gasteiger partial charge in [-0.3, -0.25) is 14.9 Å². The lowest BCUT2D eigenvalue weighted by molar-refractivity contribution is -0.130.